The average molecular weight is 272 g/mol. The van der Waals surface area contributed by atoms with Crippen LogP contribution in [0.15, 0.2) is 0 Å². The van der Waals surface area contributed by atoms with Crippen LogP contribution in [-0.2, 0) is 9.59 Å². The van der Waals surface area contributed by atoms with Crippen LogP contribution in [0, 0.1) is 5.41 Å². The second-order valence-corrected chi connectivity index (χ2v) is 6.72. The van der Waals surface area contributed by atoms with Gasteiger partial charge in [-0.05, 0) is 6.42 Å². The first-order valence-electron chi connectivity index (χ1n) is 6.85. The molecule has 0 aromatic carbocycles. The normalized spacial score (nSPS) is 12.3. The molecule has 0 radical (unpaired) electrons. The van der Waals surface area contributed by atoms with E-state index in [9.17, 15) is 14.7 Å². The summed E-state index contributed by atoms with van der Waals surface area (Å²) < 4.78 is 0.763. The highest BCUT2D eigenvalue weighted by Gasteiger charge is 2.21. The number of amides is 1. The van der Waals surface area contributed by atoms with Crippen LogP contribution >= 0.6 is 0 Å². The topological polar surface area (TPSA) is 69.2 Å². The Morgan fingerprint density at radius 3 is 2.11 bits per heavy atom. The molecule has 0 aliphatic carbocycles. The maximum absolute atomic E-state index is 11.6. The smallest absolute Gasteiger partial charge is 0.225 e. The standard InChI is InChI=1S/C14H28N2O3/c1-14(2,3)13(19)15-9-7-11-16(4,5)10-6-8-12(17)18/h6-11H2,1-5H3,(H-,15,17,18,19). The molecule has 0 spiro atoms. The molecule has 0 unspecified atom stereocenters. The lowest BCUT2D eigenvalue weighted by molar-refractivity contribution is -0.890. The summed E-state index contributed by atoms with van der Waals surface area (Å²) in [7, 11) is 4.14. The number of carboxylic acids is 1. The van der Waals surface area contributed by atoms with Crippen molar-refractivity contribution in [3.05, 3.63) is 0 Å². The summed E-state index contributed by atoms with van der Waals surface area (Å²) in [4.78, 5) is 22.0. The second-order valence-electron chi connectivity index (χ2n) is 6.72. The van der Waals surface area contributed by atoms with E-state index in [0.717, 1.165) is 24.0 Å². The van der Waals surface area contributed by atoms with Crippen LogP contribution in [0.1, 0.15) is 40.0 Å². The van der Waals surface area contributed by atoms with E-state index < -0.39 is 5.97 Å². The van der Waals surface area contributed by atoms with Crippen molar-refractivity contribution in [2.24, 2.45) is 5.41 Å². The van der Waals surface area contributed by atoms with Crippen LogP contribution < -0.4 is 10.4 Å². The van der Waals surface area contributed by atoms with Crippen LogP contribution in [0.3, 0.4) is 0 Å². The largest absolute Gasteiger partial charge is 0.550 e. The van der Waals surface area contributed by atoms with Crippen molar-refractivity contribution in [2.75, 3.05) is 33.7 Å². The second kappa shape index (κ2) is 7.48. The number of carbonyl (C=O) groups excluding carboxylic acids is 2. The van der Waals surface area contributed by atoms with E-state index in [1.807, 2.05) is 20.8 Å². The third-order valence-electron chi connectivity index (χ3n) is 3.05. The van der Waals surface area contributed by atoms with Crippen molar-refractivity contribution in [1.82, 2.24) is 5.32 Å². The van der Waals surface area contributed by atoms with Crippen LogP contribution in [-0.4, -0.2) is 50.1 Å². The number of carboxylic acid groups (broad SMARTS) is 1. The van der Waals surface area contributed by atoms with E-state index in [2.05, 4.69) is 19.4 Å². The maximum atomic E-state index is 11.6. The Kier molecular flexibility index (Phi) is 7.05. The number of hydrogen-bond donors (Lipinski definition) is 1. The molecule has 0 saturated heterocycles. The van der Waals surface area contributed by atoms with Gasteiger partial charge in [-0.25, -0.2) is 0 Å². The predicted molar refractivity (Wildman–Crippen MR) is 73.2 cm³/mol. The molecule has 1 N–H and O–H groups in total. The predicted octanol–water partition coefficient (Wildman–Crippen LogP) is 0.145. The van der Waals surface area contributed by atoms with Gasteiger partial charge in [0.1, 0.15) is 0 Å². The fourth-order valence-corrected chi connectivity index (χ4v) is 1.74. The lowest BCUT2D eigenvalue weighted by atomic mass is 9.96. The third kappa shape index (κ3) is 9.47. The van der Waals surface area contributed by atoms with Gasteiger partial charge < -0.3 is 19.7 Å². The molecule has 1 amide bonds. The fraction of sp³-hybridized carbons (Fsp3) is 0.857. The van der Waals surface area contributed by atoms with Crippen LogP contribution in [0.25, 0.3) is 0 Å². The number of carbonyl (C=O) groups is 2. The minimum atomic E-state index is -0.988. The van der Waals surface area contributed by atoms with Crippen LogP contribution in [0.5, 0.6) is 0 Å². The van der Waals surface area contributed by atoms with Gasteiger partial charge in [-0.1, -0.05) is 20.8 Å². The Morgan fingerprint density at radius 1 is 1.11 bits per heavy atom. The Hall–Kier alpha value is -1.10. The Labute approximate surface area is 116 Å². The number of rotatable bonds is 8. The summed E-state index contributed by atoms with van der Waals surface area (Å²) in [5.41, 5.74) is -0.348. The Morgan fingerprint density at radius 2 is 1.63 bits per heavy atom. The molecular formula is C14H28N2O3. The highest BCUT2D eigenvalue weighted by molar-refractivity contribution is 5.81. The van der Waals surface area contributed by atoms with E-state index >= 15 is 0 Å². The van der Waals surface area contributed by atoms with E-state index in [0.29, 0.717) is 13.0 Å². The summed E-state index contributed by atoms with van der Waals surface area (Å²) in [6, 6.07) is 0. The molecule has 0 fully saturated rings. The van der Waals surface area contributed by atoms with Gasteiger partial charge in [-0.15, -0.1) is 0 Å². The summed E-state index contributed by atoms with van der Waals surface area (Å²) in [5.74, 6) is -0.924. The number of aliphatic carboxylic acids is 1. The molecule has 0 bridgehead atoms. The zero-order valence-electron chi connectivity index (χ0n) is 12.9. The maximum Gasteiger partial charge on any atom is 0.225 e. The van der Waals surface area contributed by atoms with E-state index in [1.165, 1.54) is 0 Å². The highest BCUT2D eigenvalue weighted by Crippen LogP contribution is 2.12. The average Bonchev–Trinajstić information content (AvgIpc) is 2.21. The zero-order chi connectivity index (χ0) is 15.1. The van der Waals surface area contributed by atoms with Crippen LogP contribution in [0.4, 0.5) is 0 Å². The SMILES string of the molecule is CC(C)(C)C(=O)NCCC[N+](C)(C)CCCC(=O)[O-]. The van der Waals surface area contributed by atoms with Gasteiger partial charge in [0.05, 0.1) is 27.2 Å². The van der Waals surface area contributed by atoms with Gasteiger partial charge >= 0.3 is 0 Å². The lowest BCUT2D eigenvalue weighted by Crippen LogP contribution is -2.43. The molecule has 0 saturated carbocycles. The summed E-state index contributed by atoms with van der Waals surface area (Å²) in [6.45, 7) is 8.06. The molecule has 0 heterocycles. The zero-order valence-corrected chi connectivity index (χ0v) is 12.9. The third-order valence-corrected chi connectivity index (χ3v) is 3.05. The minimum absolute atomic E-state index is 0.0646. The van der Waals surface area contributed by atoms with Gasteiger partial charge in [0, 0.05) is 30.8 Å². The van der Waals surface area contributed by atoms with Gasteiger partial charge in [-0.2, -0.15) is 0 Å². The van der Waals surface area contributed by atoms with E-state index in [1.54, 1.807) is 0 Å². The monoisotopic (exact) mass is 272 g/mol. The Bertz CT molecular complexity index is 306. The van der Waals surface area contributed by atoms with Crippen molar-refractivity contribution < 1.29 is 19.2 Å². The van der Waals surface area contributed by atoms with Crippen LogP contribution in [0.2, 0.25) is 0 Å². The number of nitrogens with zero attached hydrogens (tertiary/aromatic N) is 1. The molecule has 0 aromatic heterocycles. The number of quaternary nitrogens is 1. The van der Waals surface area contributed by atoms with Gasteiger partial charge in [-0.3, -0.25) is 4.79 Å². The lowest BCUT2D eigenvalue weighted by Gasteiger charge is -2.30. The summed E-state index contributed by atoms with van der Waals surface area (Å²) in [6.07, 6.45) is 1.63. The first-order valence-corrected chi connectivity index (χ1v) is 6.85. The van der Waals surface area contributed by atoms with Gasteiger partial charge in [0.15, 0.2) is 0 Å². The Balaban J connectivity index is 3.80. The number of hydrogen-bond acceptors (Lipinski definition) is 3. The highest BCUT2D eigenvalue weighted by atomic mass is 16.4. The minimum Gasteiger partial charge on any atom is -0.550 e. The number of nitrogens with one attached hydrogen (secondary N) is 1. The van der Waals surface area contributed by atoms with Crippen molar-refractivity contribution in [3.8, 4) is 0 Å². The molecular weight excluding hydrogens is 244 g/mol. The van der Waals surface area contributed by atoms with Crippen molar-refractivity contribution in [1.29, 1.82) is 0 Å². The molecule has 0 atom stereocenters. The van der Waals surface area contributed by atoms with E-state index in [-0.39, 0.29) is 17.7 Å². The molecule has 112 valence electrons. The van der Waals surface area contributed by atoms with Crippen molar-refractivity contribution in [3.63, 3.8) is 0 Å². The molecule has 0 aliphatic rings. The molecule has 5 nitrogen and oxygen atoms in total. The molecule has 0 aromatic rings. The first kappa shape index (κ1) is 17.9. The molecule has 19 heavy (non-hydrogen) atoms. The first-order chi connectivity index (χ1) is 8.54. The molecule has 5 heteroatoms. The quantitative estimate of drug-likeness (QED) is 0.505. The summed E-state index contributed by atoms with van der Waals surface area (Å²) in [5, 5.41) is 13.3. The fourth-order valence-electron chi connectivity index (χ4n) is 1.74. The van der Waals surface area contributed by atoms with Gasteiger partial charge in [0.25, 0.3) is 0 Å². The molecule has 0 rings (SSSR count). The van der Waals surface area contributed by atoms with Crippen molar-refractivity contribution >= 4 is 11.9 Å². The van der Waals surface area contributed by atoms with Gasteiger partial charge in [0.2, 0.25) is 5.91 Å². The molecule has 0 aliphatic heterocycles. The van der Waals surface area contributed by atoms with E-state index in [4.69, 9.17) is 0 Å². The summed E-state index contributed by atoms with van der Waals surface area (Å²) >= 11 is 0. The van der Waals surface area contributed by atoms with Crippen molar-refractivity contribution in [2.45, 2.75) is 40.0 Å².